The fourth-order valence-electron chi connectivity index (χ4n) is 4.95. The Hall–Kier alpha value is -3.95. The number of hydrogen-bond acceptors (Lipinski definition) is 7. The van der Waals surface area contributed by atoms with Crippen LogP contribution in [0.4, 0.5) is 0 Å². The van der Waals surface area contributed by atoms with Crippen molar-refractivity contribution in [3.63, 3.8) is 0 Å². The highest BCUT2D eigenvalue weighted by molar-refractivity contribution is 6.10. The number of pyridine rings is 2. The van der Waals surface area contributed by atoms with E-state index in [2.05, 4.69) is 15.2 Å². The third-order valence-electron chi connectivity index (χ3n) is 6.95. The molecule has 39 heavy (non-hydrogen) atoms. The Morgan fingerprint density at radius 3 is 2.69 bits per heavy atom. The average molecular weight is 531 g/mol. The Morgan fingerprint density at radius 2 is 1.95 bits per heavy atom. The summed E-state index contributed by atoms with van der Waals surface area (Å²) >= 11 is 0. The lowest BCUT2D eigenvalue weighted by molar-refractivity contribution is -0.121. The summed E-state index contributed by atoms with van der Waals surface area (Å²) in [7, 11) is 1.60. The minimum absolute atomic E-state index is 0.0438. The molecular weight excluding hydrogens is 496 g/mol. The van der Waals surface area contributed by atoms with Crippen LogP contribution in [-0.4, -0.2) is 73.5 Å². The molecule has 9 heteroatoms. The maximum atomic E-state index is 14.1. The van der Waals surface area contributed by atoms with Crippen LogP contribution in [0.15, 0.2) is 59.8 Å². The molecule has 0 radical (unpaired) electrons. The monoisotopic (exact) mass is 530 g/mol. The smallest absolute Gasteiger partial charge is 0.239 e. The van der Waals surface area contributed by atoms with E-state index in [1.807, 2.05) is 47.9 Å². The standard InChI is InChI=1S/C30H34N4O5/c1-3-14-39-26-17-22-18-31-9-8-24(22)28-29(26)34(20-27(35)32-10-11-33-12-15-38-16-13-33)19-25(30(28)36)21-4-6-23(37-2)7-5-21/h4-9,17-19H,3,10-16,20H2,1-2H3,(H,32,35). The van der Waals surface area contributed by atoms with Gasteiger partial charge in [0.2, 0.25) is 5.91 Å². The van der Waals surface area contributed by atoms with Crippen LogP contribution >= 0.6 is 0 Å². The molecule has 1 aliphatic heterocycles. The lowest BCUT2D eigenvalue weighted by atomic mass is 10.00. The molecule has 1 amide bonds. The quantitative estimate of drug-likeness (QED) is 0.314. The second-order valence-electron chi connectivity index (χ2n) is 9.58. The predicted octanol–water partition coefficient (Wildman–Crippen LogP) is 3.46. The summed E-state index contributed by atoms with van der Waals surface area (Å²) in [6.07, 6.45) is 5.98. The molecule has 0 bridgehead atoms. The summed E-state index contributed by atoms with van der Waals surface area (Å²) in [6.45, 7) is 7.03. The number of carbonyl (C=O) groups is 1. The number of carbonyl (C=O) groups excluding carboxylic acids is 1. The second-order valence-corrected chi connectivity index (χ2v) is 9.58. The van der Waals surface area contributed by atoms with Crippen LogP contribution in [0, 0.1) is 0 Å². The number of benzene rings is 2. The van der Waals surface area contributed by atoms with Gasteiger partial charge in [-0.05, 0) is 41.6 Å². The van der Waals surface area contributed by atoms with Crippen molar-refractivity contribution < 1.29 is 19.0 Å². The van der Waals surface area contributed by atoms with Gasteiger partial charge in [0, 0.05) is 55.7 Å². The first-order valence-corrected chi connectivity index (χ1v) is 13.4. The Labute approximate surface area is 227 Å². The summed E-state index contributed by atoms with van der Waals surface area (Å²) < 4.78 is 18.7. The molecule has 9 nitrogen and oxygen atoms in total. The lowest BCUT2D eigenvalue weighted by Crippen LogP contribution is -2.41. The van der Waals surface area contributed by atoms with Gasteiger partial charge >= 0.3 is 0 Å². The van der Waals surface area contributed by atoms with Crippen LogP contribution in [0.3, 0.4) is 0 Å². The normalized spacial score (nSPS) is 14.0. The highest BCUT2D eigenvalue weighted by atomic mass is 16.5. The third kappa shape index (κ3) is 5.89. The van der Waals surface area contributed by atoms with Crippen LogP contribution in [0.2, 0.25) is 0 Å². The van der Waals surface area contributed by atoms with E-state index in [-0.39, 0.29) is 17.9 Å². The topological polar surface area (TPSA) is 94.9 Å². The molecule has 5 rings (SSSR count). The maximum absolute atomic E-state index is 14.1. The van der Waals surface area contributed by atoms with E-state index in [9.17, 15) is 9.59 Å². The van der Waals surface area contributed by atoms with E-state index in [0.29, 0.717) is 41.1 Å². The van der Waals surface area contributed by atoms with Gasteiger partial charge in [0.05, 0.1) is 37.8 Å². The molecule has 2 aromatic carbocycles. The Kier molecular flexibility index (Phi) is 8.39. The SMILES string of the molecule is CCCOc1cc2cnccc2c2c(=O)c(-c3ccc(OC)cc3)cn(CC(=O)NCCN3CCOCC3)c12. The number of amides is 1. The molecule has 0 atom stereocenters. The van der Waals surface area contributed by atoms with Crippen molar-refractivity contribution in [2.45, 2.75) is 19.9 Å². The number of ether oxygens (including phenoxy) is 3. The minimum atomic E-state index is -0.134. The first kappa shape index (κ1) is 26.6. The number of fused-ring (bicyclic) bond motifs is 3. The second kappa shape index (κ2) is 12.3. The highest BCUT2D eigenvalue weighted by Crippen LogP contribution is 2.33. The first-order valence-electron chi connectivity index (χ1n) is 13.4. The minimum Gasteiger partial charge on any atom is -0.497 e. The number of nitrogens with zero attached hydrogens (tertiary/aromatic N) is 3. The summed E-state index contributed by atoms with van der Waals surface area (Å²) in [5.74, 6) is 1.13. The fraction of sp³-hybridized carbons (Fsp3) is 0.367. The molecule has 0 spiro atoms. The fourth-order valence-corrected chi connectivity index (χ4v) is 4.95. The lowest BCUT2D eigenvalue weighted by Gasteiger charge is -2.26. The molecule has 4 aromatic rings. The molecule has 1 N–H and O–H groups in total. The van der Waals surface area contributed by atoms with Gasteiger partial charge in [-0.15, -0.1) is 0 Å². The molecule has 1 aliphatic rings. The molecule has 1 saturated heterocycles. The molecule has 0 saturated carbocycles. The van der Waals surface area contributed by atoms with Crippen LogP contribution in [-0.2, 0) is 16.1 Å². The van der Waals surface area contributed by atoms with E-state index in [4.69, 9.17) is 14.2 Å². The van der Waals surface area contributed by atoms with Crippen molar-refractivity contribution in [1.82, 2.24) is 19.8 Å². The summed E-state index contributed by atoms with van der Waals surface area (Å²) in [6, 6.07) is 11.1. The number of morpholine rings is 1. The van der Waals surface area contributed by atoms with Crippen molar-refractivity contribution in [3.05, 3.63) is 65.2 Å². The van der Waals surface area contributed by atoms with Gasteiger partial charge in [0.1, 0.15) is 18.0 Å². The van der Waals surface area contributed by atoms with Crippen molar-refractivity contribution in [1.29, 1.82) is 0 Å². The zero-order valence-electron chi connectivity index (χ0n) is 22.4. The zero-order chi connectivity index (χ0) is 27.2. The van der Waals surface area contributed by atoms with Crippen molar-refractivity contribution in [3.8, 4) is 22.6 Å². The van der Waals surface area contributed by atoms with Gasteiger partial charge in [-0.3, -0.25) is 19.5 Å². The Morgan fingerprint density at radius 1 is 1.15 bits per heavy atom. The molecule has 0 unspecified atom stereocenters. The van der Waals surface area contributed by atoms with Gasteiger partial charge in [0.25, 0.3) is 0 Å². The molecule has 204 valence electrons. The Balaban J connectivity index is 1.59. The van der Waals surface area contributed by atoms with E-state index in [1.54, 1.807) is 25.7 Å². The van der Waals surface area contributed by atoms with Crippen LogP contribution < -0.4 is 20.2 Å². The van der Waals surface area contributed by atoms with E-state index >= 15 is 0 Å². The van der Waals surface area contributed by atoms with Crippen molar-refractivity contribution >= 4 is 27.6 Å². The van der Waals surface area contributed by atoms with Gasteiger partial charge in [-0.2, -0.15) is 0 Å². The zero-order valence-corrected chi connectivity index (χ0v) is 22.4. The van der Waals surface area contributed by atoms with Gasteiger partial charge < -0.3 is 24.1 Å². The molecule has 2 aromatic heterocycles. The summed E-state index contributed by atoms with van der Waals surface area (Å²) in [5.41, 5.74) is 1.72. The average Bonchev–Trinajstić information content (AvgIpc) is 2.97. The van der Waals surface area contributed by atoms with Gasteiger partial charge in [-0.25, -0.2) is 0 Å². The molecule has 3 heterocycles. The third-order valence-corrected chi connectivity index (χ3v) is 6.95. The largest absolute Gasteiger partial charge is 0.497 e. The van der Waals surface area contributed by atoms with E-state index in [0.717, 1.165) is 55.6 Å². The van der Waals surface area contributed by atoms with Crippen LogP contribution in [0.25, 0.3) is 32.8 Å². The summed E-state index contributed by atoms with van der Waals surface area (Å²) in [4.78, 5) is 33.8. The number of aromatic nitrogens is 2. The predicted molar refractivity (Wildman–Crippen MR) is 152 cm³/mol. The van der Waals surface area contributed by atoms with Crippen molar-refractivity contribution in [2.24, 2.45) is 0 Å². The number of hydrogen-bond donors (Lipinski definition) is 1. The number of nitrogens with one attached hydrogen (secondary N) is 1. The molecule has 1 fully saturated rings. The maximum Gasteiger partial charge on any atom is 0.239 e. The van der Waals surface area contributed by atoms with Crippen molar-refractivity contribution in [2.75, 3.05) is 53.1 Å². The highest BCUT2D eigenvalue weighted by Gasteiger charge is 2.20. The number of methoxy groups -OCH3 is 1. The first-order chi connectivity index (χ1) is 19.1. The Bertz CT molecular complexity index is 1510. The van der Waals surface area contributed by atoms with E-state index < -0.39 is 0 Å². The van der Waals surface area contributed by atoms with Crippen LogP contribution in [0.5, 0.6) is 11.5 Å². The van der Waals surface area contributed by atoms with Gasteiger partial charge in [0.15, 0.2) is 5.43 Å². The molecule has 0 aliphatic carbocycles. The number of rotatable bonds is 10. The summed E-state index contributed by atoms with van der Waals surface area (Å²) in [5, 5.41) is 5.13. The molecular formula is C30H34N4O5. The van der Waals surface area contributed by atoms with E-state index in [1.165, 1.54) is 0 Å². The van der Waals surface area contributed by atoms with Crippen LogP contribution in [0.1, 0.15) is 13.3 Å². The van der Waals surface area contributed by atoms with Gasteiger partial charge in [-0.1, -0.05) is 19.1 Å².